The van der Waals surface area contributed by atoms with E-state index in [-0.39, 0.29) is 5.91 Å². The Bertz CT molecular complexity index is 545. The maximum absolute atomic E-state index is 11.7. The summed E-state index contributed by atoms with van der Waals surface area (Å²) < 4.78 is 1.77. The van der Waals surface area contributed by atoms with Crippen molar-refractivity contribution in [1.82, 2.24) is 20.1 Å². The van der Waals surface area contributed by atoms with E-state index in [9.17, 15) is 4.79 Å². The van der Waals surface area contributed by atoms with Crippen molar-refractivity contribution in [3.05, 3.63) is 28.5 Å². The summed E-state index contributed by atoms with van der Waals surface area (Å²) in [5, 5.41) is 8.92. The van der Waals surface area contributed by atoms with Gasteiger partial charge in [-0.15, -0.1) is 11.3 Å². The highest BCUT2D eigenvalue weighted by Gasteiger charge is 2.10. The predicted octanol–water partition coefficient (Wildman–Crippen LogP) is 0.697. The van der Waals surface area contributed by atoms with Crippen molar-refractivity contribution >= 4 is 22.4 Å². The number of aryl methyl sites for hydroxylation is 1. The van der Waals surface area contributed by atoms with Gasteiger partial charge in [0.2, 0.25) is 0 Å². The Hall–Kier alpha value is -1.89. The SMILES string of the molecule is Cc1c(CNC(=O)c2csc(N)n2)cnn1C. The molecule has 17 heavy (non-hydrogen) atoms. The molecule has 3 N–H and O–H groups in total. The van der Waals surface area contributed by atoms with Crippen molar-refractivity contribution in [1.29, 1.82) is 0 Å². The van der Waals surface area contributed by atoms with Crippen molar-refractivity contribution in [3.63, 3.8) is 0 Å². The van der Waals surface area contributed by atoms with Crippen molar-refractivity contribution < 1.29 is 4.79 Å². The highest BCUT2D eigenvalue weighted by molar-refractivity contribution is 7.13. The highest BCUT2D eigenvalue weighted by Crippen LogP contribution is 2.11. The van der Waals surface area contributed by atoms with Gasteiger partial charge in [0.15, 0.2) is 5.13 Å². The van der Waals surface area contributed by atoms with Gasteiger partial charge in [-0.3, -0.25) is 9.48 Å². The van der Waals surface area contributed by atoms with Gasteiger partial charge in [-0.05, 0) is 6.92 Å². The Labute approximate surface area is 102 Å². The number of nitrogen functional groups attached to an aromatic ring is 1. The number of rotatable bonds is 3. The Morgan fingerprint density at radius 1 is 1.65 bits per heavy atom. The molecule has 0 atom stereocenters. The molecule has 2 rings (SSSR count). The van der Waals surface area contributed by atoms with E-state index < -0.39 is 0 Å². The van der Waals surface area contributed by atoms with Crippen LogP contribution < -0.4 is 11.1 Å². The number of hydrogen-bond donors (Lipinski definition) is 2. The van der Waals surface area contributed by atoms with Crippen LogP contribution in [0.3, 0.4) is 0 Å². The Kier molecular flexibility index (Phi) is 3.10. The predicted molar refractivity (Wildman–Crippen MR) is 65.6 cm³/mol. The third-order valence-electron chi connectivity index (χ3n) is 2.53. The van der Waals surface area contributed by atoms with Gasteiger partial charge in [0.1, 0.15) is 5.69 Å². The van der Waals surface area contributed by atoms with Crippen molar-refractivity contribution in [2.45, 2.75) is 13.5 Å². The molecule has 7 heteroatoms. The second-order valence-electron chi connectivity index (χ2n) is 3.63. The summed E-state index contributed by atoms with van der Waals surface area (Å²) in [6.07, 6.45) is 1.74. The van der Waals surface area contributed by atoms with E-state index in [0.29, 0.717) is 17.4 Å². The Morgan fingerprint density at radius 2 is 2.41 bits per heavy atom. The van der Waals surface area contributed by atoms with E-state index >= 15 is 0 Å². The molecule has 0 spiro atoms. The first kappa shape index (κ1) is 11.6. The number of nitrogens with two attached hydrogens (primary N) is 1. The maximum atomic E-state index is 11.7. The van der Waals surface area contributed by atoms with E-state index in [1.807, 2.05) is 14.0 Å². The number of thiazole rings is 1. The van der Waals surface area contributed by atoms with E-state index in [2.05, 4.69) is 15.4 Å². The quantitative estimate of drug-likeness (QED) is 0.840. The lowest BCUT2D eigenvalue weighted by atomic mass is 10.2. The molecule has 0 bridgehead atoms. The summed E-state index contributed by atoms with van der Waals surface area (Å²) in [5.41, 5.74) is 7.84. The highest BCUT2D eigenvalue weighted by atomic mass is 32.1. The third-order valence-corrected chi connectivity index (χ3v) is 3.20. The van der Waals surface area contributed by atoms with E-state index in [1.165, 1.54) is 11.3 Å². The molecule has 0 saturated carbocycles. The normalized spacial score (nSPS) is 10.5. The van der Waals surface area contributed by atoms with Crippen molar-refractivity contribution in [2.24, 2.45) is 7.05 Å². The molecule has 0 fully saturated rings. The second kappa shape index (κ2) is 4.54. The monoisotopic (exact) mass is 251 g/mol. The summed E-state index contributed by atoms with van der Waals surface area (Å²) in [7, 11) is 1.86. The lowest BCUT2D eigenvalue weighted by Gasteiger charge is -2.02. The maximum Gasteiger partial charge on any atom is 0.271 e. The number of carbonyl (C=O) groups excluding carboxylic acids is 1. The van der Waals surface area contributed by atoms with Gasteiger partial charge in [-0.25, -0.2) is 4.98 Å². The van der Waals surface area contributed by atoms with Gasteiger partial charge in [-0.2, -0.15) is 5.10 Å². The lowest BCUT2D eigenvalue weighted by molar-refractivity contribution is 0.0946. The molecule has 0 aliphatic rings. The fourth-order valence-electron chi connectivity index (χ4n) is 1.38. The average Bonchev–Trinajstić information content (AvgIpc) is 2.86. The number of anilines is 1. The van der Waals surface area contributed by atoms with E-state index in [0.717, 1.165) is 11.3 Å². The van der Waals surface area contributed by atoms with Gasteiger partial charge in [0.05, 0.1) is 6.20 Å². The molecule has 6 nitrogen and oxygen atoms in total. The average molecular weight is 251 g/mol. The molecule has 2 aromatic rings. The van der Waals surface area contributed by atoms with Crippen LogP contribution in [0.1, 0.15) is 21.7 Å². The smallest absolute Gasteiger partial charge is 0.271 e. The minimum absolute atomic E-state index is 0.221. The molecule has 2 aromatic heterocycles. The lowest BCUT2D eigenvalue weighted by Crippen LogP contribution is -2.23. The summed E-state index contributed by atoms with van der Waals surface area (Å²) >= 11 is 1.25. The number of amides is 1. The van der Waals surface area contributed by atoms with Crippen LogP contribution in [0, 0.1) is 6.92 Å². The minimum Gasteiger partial charge on any atom is -0.375 e. The summed E-state index contributed by atoms with van der Waals surface area (Å²) in [6.45, 7) is 2.39. The van der Waals surface area contributed by atoms with Crippen LogP contribution in [0.4, 0.5) is 5.13 Å². The summed E-state index contributed by atoms with van der Waals surface area (Å²) in [5.74, 6) is -0.221. The second-order valence-corrected chi connectivity index (χ2v) is 4.52. The minimum atomic E-state index is -0.221. The molecule has 0 aliphatic carbocycles. The zero-order valence-electron chi connectivity index (χ0n) is 9.60. The van der Waals surface area contributed by atoms with Crippen molar-refractivity contribution in [3.8, 4) is 0 Å². The molecule has 90 valence electrons. The van der Waals surface area contributed by atoms with Gasteiger partial charge in [0, 0.05) is 30.2 Å². The molecule has 1 amide bonds. The molecular formula is C10H13N5OS. The largest absolute Gasteiger partial charge is 0.375 e. The van der Waals surface area contributed by atoms with Gasteiger partial charge >= 0.3 is 0 Å². The van der Waals surface area contributed by atoms with Crippen LogP contribution in [0.5, 0.6) is 0 Å². The van der Waals surface area contributed by atoms with Gasteiger partial charge < -0.3 is 11.1 Å². The standard InChI is InChI=1S/C10H13N5OS/c1-6-7(4-13-15(6)2)3-12-9(16)8-5-17-10(11)14-8/h4-5H,3H2,1-2H3,(H2,11,14)(H,12,16). The third kappa shape index (κ3) is 2.44. The zero-order chi connectivity index (χ0) is 12.4. The van der Waals surface area contributed by atoms with Crippen LogP contribution in [0.2, 0.25) is 0 Å². The van der Waals surface area contributed by atoms with E-state index in [1.54, 1.807) is 16.3 Å². The topological polar surface area (TPSA) is 85.8 Å². The van der Waals surface area contributed by atoms with Crippen LogP contribution in [0.25, 0.3) is 0 Å². The first-order chi connectivity index (χ1) is 8.08. The van der Waals surface area contributed by atoms with Crippen molar-refractivity contribution in [2.75, 3.05) is 5.73 Å². The number of nitrogens with zero attached hydrogens (tertiary/aromatic N) is 3. The van der Waals surface area contributed by atoms with Crippen LogP contribution in [-0.2, 0) is 13.6 Å². The molecule has 0 radical (unpaired) electrons. The van der Waals surface area contributed by atoms with Crippen LogP contribution in [0.15, 0.2) is 11.6 Å². The molecule has 0 aromatic carbocycles. The van der Waals surface area contributed by atoms with Crippen LogP contribution >= 0.6 is 11.3 Å². The number of nitrogens with one attached hydrogen (secondary N) is 1. The number of aromatic nitrogens is 3. The molecule has 0 unspecified atom stereocenters. The fraction of sp³-hybridized carbons (Fsp3) is 0.300. The summed E-state index contributed by atoms with van der Waals surface area (Å²) in [4.78, 5) is 15.6. The van der Waals surface area contributed by atoms with Gasteiger partial charge in [-0.1, -0.05) is 0 Å². The molecule has 0 aliphatic heterocycles. The Morgan fingerprint density at radius 3 is 2.94 bits per heavy atom. The molecular weight excluding hydrogens is 238 g/mol. The Balaban J connectivity index is 1.99. The number of carbonyl (C=O) groups is 1. The van der Waals surface area contributed by atoms with Gasteiger partial charge in [0.25, 0.3) is 5.91 Å². The van der Waals surface area contributed by atoms with E-state index in [4.69, 9.17) is 5.73 Å². The fourth-order valence-corrected chi connectivity index (χ4v) is 1.92. The van der Waals surface area contributed by atoms with Crippen LogP contribution in [-0.4, -0.2) is 20.7 Å². The molecule has 2 heterocycles. The first-order valence-corrected chi connectivity index (χ1v) is 5.92. The first-order valence-electron chi connectivity index (χ1n) is 5.04. The summed E-state index contributed by atoms with van der Waals surface area (Å²) in [6, 6.07) is 0. The number of hydrogen-bond acceptors (Lipinski definition) is 5. The zero-order valence-corrected chi connectivity index (χ0v) is 10.4. The molecule has 0 saturated heterocycles.